The summed E-state index contributed by atoms with van der Waals surface area (Å²) in [5.41, 5.74) is 1.44. The van der Waals surface area contributed by atoms with E-state index in [4.69, 9.17) is 0 Å². The van der Waals surface area contributed by atoms with Gasteiger partial charge in [-0.1, -0.05) is 30.0 Å². The second-order valence-electron chi connectivity index (χ2n) is 5.77. The molecule has 0 spiro atoms. The number of fused-ring (bicyclic) bond motifs is 1. The molecule has 3 rings (SSSR count). The van der Waals surface area contributed by atoms with Gasteiger partial charge in [0.15, 0.2) is 17.5 Å². The van der Waals surface area contributed by atoms with Gasteiger partial charge in [0.05, 0.1) is 21.5 Å². The zero-order valence-corrected chi connectivity index (χ0v) is 14.8. The number of benzene rings is 2. The minimum Gasteiger partial charge on any atom is -0.323 e. The number of aryl methyl sites for hydroxylation is 1. The molecule has 1 unspecified atom stereocenters. The Morgan fingerprint density at radius 1 is 1.12 bits per heavy atom. The predicted octanol–water partition coefficient (Wildman–Crippen LogP) is 5.08. The van der Waals surface area contributed by atoms with Crippen LogP contribution in [0.25, 0.3) is 10.9 Å². The highest BCUT2D eigenvalue weighted by Gasteiger charge is 2.20. The summed E-state index contributed by atoms with van der Waals surface area (Å²) in [6.07, 6.45) is 0. The van der Waals surface area contributed by atoms with Crippen molar-refractivity contribution in [3.8, 4) is 0 Å². The Balaban J connectivity index is 1.77. The molecule has 0 fully saturated rings. The van der Waals surface area contributed by atoms with Crippen LogP contribution in [0.2, 0.25) is 0 Å². The SMILES string of the molecule is Cc1cc(SC(C)C(=O)Nc2ccc(F)c(F)c2F)nc2ccccc12. The van der Waals surface area contributed by atoms with Crippen molar-refractivity contribution in [3.05, 3.63) is 65.5 Å². The van der Waals surface area contributed by atoms with Gasteiger partial charge >= 0.3 is 0 Å². The number of amides is 1. The van der Waals surface area contributed by atoms with Crippen LogP contribution in [-0.2, 0) is 4.79 Å². The molecule has 1 atom stereocenters. The second-order valence-corrected chi connectivity index (χ2v) is 7.13. The van der Waals surface area contributed by atoms with Crippen LogP contribution in [0.15, 0.2) is 47.5 Å². The van der Waals surface area contributed by atoms with Gasteiger partial charge in [-0.05, 0) is 43.7 Å². The van der Waals surface area contributed by atoms with Gasteiger partial charge in [-0.25, -0.2) is 18.2 Å². The first-order valence-electron chi connectivity index (χ1n) is 7.84. The largest absolute Gasteiger partial charge is 0.323 e. The molecule has 0 bridgehead atoms. The molecule has 0 radical (unpaired) electrons. The summed E-state index contributed by atoms with van der Waals surface area (Å²) >= 11 is 1.20. The number of carbonyl (C=O) groups is 1. The summed E-state index contributed by atoms with van der Waals surface area (Å²) in [5, 5.41) is 3.34. The van der Waals surface area contributed by atoms with Crippen molar-refractivity contribution in [1.82, 2.24) is 4.98 Å². The monoisotopic (exact) mass is 376 g/mol. The number of aromatic nitrogens is 1. The van der Waals surface area contributed by atoms with E-state index in [0.717, 1.165) is 28.6 Å². The number of nitrogens with one attached hydrogen (secondary N) is 1. The normalized spacial score (nSPS) is 12.2. The summed E-state index contributed by atoms with van der Waals surface area (Å²) in [7, 11) is 0. The zero-order chi connectivity index (χ0) is 18.8. The standard InChI is InChI=1S/C19H15F3N2OS/c1-10-9-16(23-14-6-4-3-5-12(10)14)26-11(2)19(25)24-15-8-7-13(20)17(21)18(15)22/h3-9,11H,1-2H3,(H,24,25). The van der Waals surface area contributed by atoms with Crippen molar-refractivity contribution in [1.29, 1.82) is 0 Å². The van der Waals surface area contributed by atoms with Crippen LogP contribution in [0.5, 0.6) is 0 Å². The van der Waals surface area contributed by atoms with Crippen LogP contribution in [0, 0.1) is 24.4 Å². The highest BCUT2D eigenvalue weighted by Crippen LogP contribution is 2.28. The lowest BCUT2D eigenvalue weighted by Gasteiger charge is -2.13. The average Bonchev–Trinajstić information content (AvgIpc) is 2.62. The molecule has 0 aliphatic heterocycles. The Kier molecular flexibility index (Phi) is 5.18. The lowest BCUT2D eigenvalue weighted by Crippen LogP contribution is -2.23. The van der Waals surface area contributed by atoms with E-state index >= 15 is 0 Å². The number of halogens is 3. The lowest BCUT2D eigenvalue weighted by molar-refractivity contribution is -0.115. The Bertz CT molecular complexity index is 994. The number of hydrogen-bond acceptors (Lipinski definition) is 3. The smallest absolute Gasteiger partial charge is 0.237 e. The maximum Gasteiger partial charge on any atom is 0.237 e. The maximum atomic E-state index is 13.7. The van der Waals surface area contributed by atoms with Crippen molar-refractivity contribution in [2.24, 2.45) is 0 Å². The Labute approximate surface area is 152 Å². The topological polar surface area (TPSA) is 42.0 Å². The van der Waals surface area contributed by atoms with Gasteiger partial charge in [0.2, 0.25) is 5.91 Å². The molecule has 7 heteroatoms. The Morgan fingerprint density at radius 2 is 1.85 bits per heavy atom. The zero-order valence-electron chi connectivity index (χ0n) is 14.0. The third-order valence-electron chi connectivity index (χ3n) is 3.86. The predicted molar refractivity (Wildman–Crippen MR) is 96.7 cm³/mol. The van der Waals surface area contributed by atoms with Gasteiger partial charge in [-0.15, -0.1) is 0 Å². The van der Waals surface area contributed by atoms with E-state index in [1.54, 1.807) is 6.92 Å². The average molecular weight is 376 g/mol. The summed E-state index contributed by atoms with van der Waals surface area (Å²) in [6.45, 7) is 3.58. The number of rotatable bonds is 4. The fourth-order valence-corrected chi connectivity index (χ4v) is 3.39. The van der Waals surface area contributed by atoms with E-state index in [0.29, 0.717) is 5.03 Å². The minimum absolute atomic E-state index is 0.399. The van der Waals surface area contributed by atoms with Crippen molar-refractivity contribution in [3.63, 3.8) is 0 Å². The minimum atomic E-state index is -1.62. The Morgan fingerprint density at radius 3 is 2.62 bits per heavy atom. The number of thioether (sulfide) groups is 1. The van der Waals surface area contributed by atoms with E-state index in [1.165, 1.54) is 11.8 Å². The highest BCUT2D eigenvalue weighted by molar-refractivity contribution is 8.00. The quantitative estimate of drug-likeness (QED) is 0.510. The van der Waals surface area contributed by atoms with E-state index in [2.05, 4.69) is 10.3 Å². The molecule has 2 aromatic carbocycles. The van der Waals surface area contributed by atoms with Gasteiger partial charge in [-0.3, -0.25) is 4.79 Å². The lowest BCUT2D eigenvalue weighted by atomic mass is 10.1. The highest BCUT2D eigenvalue weighted by atomic mass is 32.2. The van der Waals surface area contributed by atoms with E-state index in [-0.39, 0.29) is 0 Å². The molecule has 0 saturated carbocycles. The van der Waals surface area contributed by atoms with Crippen LogP contribution >= 0.6 is 11.8 Å². The molecular weight excluding hydrogens is 361 g/mol. The van der Waals surface area contributed by atoms with Crippen molar-refractivity contribution in [2.45, 2.75) is 24.1 Å². The van der Waals surface area contributed by atoms with Gasteiger partial charge in [0.25, 0.3) is 0 Å². The first-order valence-corrected chi connectivity index (χ1v) is 8.72. The number of para-hydroxylation sites is 1. The molecule has 0 saturated heterocycles. The molecule has 3 aromatic rings. The fraction of sp³-hybridized carbons (Fsp3) is 0.158. The molecule has 3 nitrogen and oxygen atoms in total. The first kappa shape index (κ1) is 18.3. The number of carbonyl (C=O) groups excluding carboxylic acids is 1. The molecule has 134 valence electrons. The molecular formula is C19H15F3N2OS. The van der Waals surface area contributed by atoms with E-state index in [9.17, 15) is 18.0 Å². The number of nitrogens with zero attached hydrogens (tertiary/aromatic N) is 1. The molecule has 1 N–H and O–H groups in total. The molecule has 0 aliphatic carbocycles. The van der Waals surface area contributed by atoms with Gasteiger partial charge in [0, 0.05) is 5.39 Å². The van der Waals surface area contributed by atoms with Gasteiger partial charge in [0.1, 0.15) is 0 Å². The summed E-state index contributed by atoms with van der Waals surface area (Å²) in [6, 6.07) is 11.3. The molecule has 1 amide bonds. The van der Waals surface area contributed by atoms with Crippen molar-refractivity contribution < 1.29 is 18.0 Å². The summed E-state index contributed by atoms with van der Waals surface area (Å²) in [4.78, 5) is 16.8. The van der Waals surface area contributed by atoms with Gasteiger partial charge < -0.3 is 5.32 Å². The van der Waals surface area contributed by atoms with E-state index < -0.39 is 34.3 Å². The van der Waals surface area contributed by atoms with Gasteiger partial charge in [-0.2, -0.15) is 0 Å². The van der Waals surface area contributed by atoms with Crippen LogP contribution in [0.3, 0.4) is 0 Å². The molecule has 26 heavy (non-hydrogen) atoms. The van der Waals surface area contributed by atoms with Crippen LogP contribution in [0.4, 0.5) is 18.9 Å². The third-order valence-corrected chi connectivity index (χ3v) is 4.88. The van der Waals surface area contributed by atoms with Crippen molar-refractivity contribution in [2.75, 3.05) is 5.32 Å². The Hall–Kier alpha value is -2.54. The number of anilines is 1. The second kappa shape index (κ2) is 7.37. The number of hydrogen-bond donors (Lipinski definition) is 1. The fourth-order valence-electron chi connectivity index (χ4n) is 2.47. The van der Waals surface area contributed by atoms with Crippen LogP contribution in [0.1, 0.15) is 12.5 Å². The molecule has 1 aromatic heterocycles. The summed E-state index contributed by atoms with van der Waals surface area (Å²) in [5.74, 6) is -4.88. The molecule has 1 heterocycles. The van der Waals surface area contributed by atoms with Crippen molar-refractivity contribution >= 4 is 34.3 Å². The first-order chi connectivity index (χ1) is 12.4. The van der Waals surface area contributed by atoms with E-state index in [1.807, 2.05) is 37.3 Å². The van der Waals surface area contributed by atoms with Crippen LogP contribution in [-0.4, -0.2) is 16.1 Å². The molecule has 0 aliphatic rings. The number of pyridine rings is 1. The summed E-state index contributed by atoms with van der Waals surface area (Å²) < 4.78 is 39.9. The third kappa shape index (κ3) is 3.67. The maximum absolute atomic E-state index is 13.7. The van der Waals surface area contributed by atoms with Crippen LogP contribution < -0.4 is 5.32 Å².